The molecule has 1 N–H and O–H groups in total. The maximum Gasteiger partial charge on any atom is 0.122 e. The Bertz CT molecular complexity index is 723. The fourth-order valence-corrected chi connectivity index (χ4v) is 2.14. The van der Waals surface area contributed by atoms with Crippen LogP contribution in [0.4, 0.5) is 0 Å². The van der Waals surface area contributed by atoms with Crippen LogP contribution in [0, 0.1) is 0 Å². The third-order valence-corrected chi connectivity index (χ3v) is 3.16. The Hall–Kier alpha value is -2.68. The number of ether oxygens (including phenoxy) is 2. The second-order valence-electron chi connectivity index (χ2n) is 4.70. The second kappa shape index (κ2) is 6.18. The van der Waals surface area contributed by atoms with Gasteiger partial charge in [0.05, 0.1) is 0 Å². The molecule has 3 nitrogen and oxygen atoms in total. The van der Waals surface area contributed by atoms with E-state index >= 15 is 0 Å². The van der Waals surface area contributed by atoms with E-state index in [1.54, 1.807) is 12.1 Å². The lowest BCUT2D eigenvalue weighted by Crippen LogP contribution is -2.08. The van der Waals surface area contributed by atoms with Crippen LogP contribution >= 0.6 is 0 Å². The summed E-state index contributed by atoms with van der Waals surface area (Å²) in [6, 6.07) is 20.7. The molecule has 3 rings (SSSR count). The number of fused-ring (bicyclic) bond motifs is 1. The minimum atomic E-state index is 0.271. The summed E-state index contributed by atoms with van der Waals surface area (Å²) >= 11 is 0. The number of rotatable bonds is 5. The molecular formula is C18H16O3. The molecule has 106 valence electrons. The molecule has 0 saturated carbocycles. The van der Waals surface area contributed by atoms with E-state index in [1.165, 1.54) is 0 Å². The molecule has 0 atom stereocenters. The van der Waals surface area contributed by atoms with Gasteiger partial charge in [-0.15, -0.1) is 0 Å². The van der Waals surface area contributed by atoms with Gasteiger partial charge in [-0.1, -0.05) is 30.3 Å². The SMILES string of the molecule is Oc1ccc2cc(OCCOc3ccccc3)ccc2c1. The molecule has 0 unspecified atom stereocenters. The largest absolute Gasteiger partial charge is 0.508 e. The molecule has 3 heteroatoms. The van der Waals surface area contributed by atoms with Gasteiger partial charge >= 0.3 is 0 Å². The van der Waals surface area contributed by atoms with Crippen molar-refractivity contribution in [3.05, 3.63) is 66.7 Å². The molecule has 21 heavy (non-hydrogen) atoms. The van der Waals surface area contributed by atoms with Crippen LogP contribution in [0.3, 0.4) is 0 Å². The molecule has 0 aliphatic rings. The summed E-state index contributed by atoms with van der Waals surface area (Å²) in [5.74, 6) is 1.91. The molecule has 0 amide bonds. The molecule has 0 fully saturated rings. The third kappa shape index (κ3) is 3.45. The standard InChI is InChI=1S/C18H16O3/c19-16-8-6-15-13-18(9-7-14(15)12-16)21-11-10-20-17-4-2-1-3-5-17/h1-9,12-13,19H,10-11H2. The van der Waals surface area contributed by atoms with Gasteiger partial charge in [0, 0.05) is 0 Å². The number of benzene rings is 3. The molecule has 0 aliphatic carbocycles. The van der Waals surface area contributed by atoms with Gasteiger partial charge in [0.25, 0.3) is 0 Å². The van der Waals surface area contributed by atoms with E-state index in [0.29, 0.717) is 13.2 Å². The molecule has 3 aromatic carbocycles. The predicted octanol–water partition coefficient (Wildman–Crippen LogP) is 4.00. The molecule has 0 aliphatic heterocycles. The zero-order chi connectivity index (χ0) is 14.5. The molecule has 3 aromatic rings. The minimum Gasteiger partial charge on any atom is -0.508 e. The van der Waals surface area contributed by atoms with E-state index in [2.05, 4.69) is 0 Å². The van der Waals surface area contributed by atoms with Gasteiger partial charge in [-0.3, -0.25) is 0 Å². The molecule has 0 aromatic heterocycles. The molecule has 0 heterocycles. The van der Waals surface area contributed by atoms with Gasteiger partial charge in [-0.2, -0.15) is 0 Å². The number of aromatic hydroxyl groups is 1. The van der Waals surface area contributed by atoms with Crippen LogP contribution < -0.4 is 9.47 Å². The Morgan fingerprint density at radius 3 is 2.14 bits per heavy atom. The number of para-hydroxylation sites is 1. The van der Waals surface area contributed by atoms with Crippen molar-refractivity contribution in [2.75, 3.05) is 13.2 Å². The van der Waals surface area contributed by atoms with E-state index in [0.717, 1.165) is 22.3 Å². The van der Waals surface area contributed by atoms with E-state index < -0.39 is 0 Å². The Morgan fingerprint density at radius 1 is 0.667 bits per heavy atom. The number of phenols is 1. The third-order valence-electron chi connectivity index (χ3n) is 3.16. The molecule has 0 bridgehead atoms. The number of hydrogen-bond acceptors (Lipinski definition) is 3. The van der Waals surface area contributed by atoms with Gasteiger partial charge in [-0.05, 0) is 47.2 Å². The van der Waals surface area contributed by atoms with Crippen molar-refractivity contribution in [3.63, 3.8) is 0 Å². The summed E-state index contributed by atoms with van der Waals surface area (Å²) in [6.45, 7) is 0.982. The van der Waals surface area contributed by atoms with Gasteiger partial charge in [0.1, 0.15) is 30.5 Å². The van der Waals surface area contributed by atoms with Gasteiger partial charge < -0.3 is 14.6 Å². The molecular weight excluding hydrogens is 264 g/mol. The average Bonchev–Trinajstić information content (AvgIpc) is 2.52. The fraction of sp³-hybridized carbons (Fsp3) is 0.111. The van der Waals surface area contributed by atoms with Gasteiger partial charge in [0.2, 0.25) is 0 Å². The summed E-state index contributed by atoms with van der Waals surface area (Å²) in [6.07, 6.45) is 0. The first-order valence-electron chi connectivity index (χ1n) is 6.85. The zero-order valence-electron chi connectivity index (χ0n) is 11.5. The number of phenolic OH excluding ortho intramolecular Hbond substituents is 1. The summed E-state index contributed by atoms with van der Waals surface area (Å²) in [7, 11) is 0. The van der Waals surface area contributed by atoms with E-state index in [1.807, 2.05) is 54.6 Å². The lowest BCUT2D eigenvalue weighted by atomic mass is 10.1. The van der Waals surface area contributed by atoms with Crippen molar-refractivity contribution in [1.29, 1.82) is 0 Å². The minimum absolute atomic E-state index is 0.271. The van der Waals surface area contributed by atoms with Crippen LogP contribution in [0.2, 0.25) is 0 Å². The highest BCUT2D eigenvalue weighted by Crippen LogP contribution is 2.24. The lowest BCUT2D eigenvalue weighted by Gasteiger charge is -2.09. The molecule has 0 spiro atoms. The van der Waals surface area contributed by atoms with E-state index in [9.17, 15) is 5.11 Å². The maximum absolute atomic E-state index is 9.43. The summed E-state index contributed by atoms with van der Waals surface area (Å²) in [5, 5.41) is 11.5. The van der Waals surface area contributed by atoms with Crippen LogP contribution in [-0.4, -0.2) is 18.3 Å². The van der Waals surface area contributed by atoms with Crippen molar-refractivity contribution in [1.82, 2.24) is 0 Å². The first kappa shape index (κ1) is 13.3. The highest BCUT2D eigenvalue weighted by Gasteiger charge is 1.99. The number of hydrogen-bond donors (Lipinski definition) is 1. The normalized spacial score (nSPS) is 10.5. The highest BCUT2D eigenvalue weighted by atomic mass is 16.5. The average molecular weight is 280 g/mol. The van der Waals surface area contributed by atoms with Crippen molar-refractivity contribution in [2.45, 2.75) is 0 Å². The quantitative estimate of drug-likeness (QED) is 0.718. The van der Waals surface area contributed by atoms with Crippen molar-refractivity contribution in [2.24, 2.45) is 0 Å². The van der Waals surface area contributed by atoms with Gasteiger partial charge in [0.15, 0.2) is 0 Å². The summed E-state index contributed by atoms with van der Waals surface area (Å²) in [5.41, 5.74) is 0. The topological polar surface area (TPSA) is 38.7 Å². The summed E-state index contributed by atoms with van der Waals surface area (Å²) < 4.78 is 11.3. The molecule has 0 saturated heterocycles. The van der Waals surface area contributed by atoms with Crippen LogP contribution in [0.25, 0.3) is 10.8 Å². The molecule has 0 radical (unpaired) electrons. The Balaban J connectivity index is 1.57. The van der Waals surface area contributed by atoms with Crippen LogP contribution in [0.15, 0.2) is 66.7 Å². The maximum atomic E-state index is 9.43. The van der Waals surface area contributed by atoms with Crippen molar-refractivity contribution in [3.8, 4) is 17.2 Å². The Kier molecular flexibility index (Phi) is 3.92. The predicted molar refractivity (Wildman–Crippen MR) is 83.0 cm³/mol. The highest BCUT2D eigenvalue weighted by molar-refractivity contribution is 5.85. The summed E-state index contributed by atoms with van der Waals surface area (Å²) in [4.78, 5) is 0. The lowest BCUT2D eigenvalue weighted by molar-refractivity contribution is 0.217. The first-order valence-corrected chi connectivity index (χ1v) is 6.85. The Labute approximate surface area is 123 Å². The van der Waals surface area contributed by atoms with Crippen molar-refractivity contribution < 1.29 is 14.6 Å². The van der Waals surface area contributed by atoms with E-state index in [4.69, 9.17) is 9.47 Å². The van der Waals surface area contributed by atoms with E-state index in [-0.39, 0.29) is 5.75 Å². The Morgan fingerprint density at radius 2 is 1.33 bits per heavy atom. The monoisotopic (exact) mass is 280 g/mol. The fourth-order valence-electron chi connectivity index (χ4n) is 2.14. The van der Waals surface area contributed by atoms with Crippen molar-refractivity contribution >= 4 is 10.8 Å². The first-order chi connectivity index (χ1) is 10.3. The van der Waals surface area contributed by atoms with Crippen LogP contribution in [-0.2, 0) is 0 Å². The van der Waals surface area contributed by atoms with Crippen LogP contribution in [0.5, 0.6) is 17.2 Å². The van der Waals surface area contributed by atoms with Crippen LogP contribution in [0.1, 0.15) is 0 Å². The smallest absolute Gasteiger partial charge is 0.122 e. The van der Waals surface area contributed by atoms with Gasteiger partial charge in [-0.25, -0.2) is 0 Å². The zero-order valence-corrected chi connectivity index (χ0v) is 11.5. The second-order valence-corrected chi connectivity index (χ2v) is 4.70.